The number of halogens is 1. The SMILES string of the molecule is COc1ccc(S(=O)(=O)N2CCN(C[C@@H](O)c3c(C)[nH]c4ccc(F)cc34)CC2)cc1. The van der Waals surface area contributed by atoms with Crippen molar-refractivity contribution in [3.63, 3.8) is 0 Å². The number of methoxy groups -OCH3 is 1. The Labute approximate surface area is 181 Å². The number of fused-ring (bicyclic) bond motifs is 1. The molecule has 1 aliphatic heterocycles. The van der Waals surface area contributed by atoms with Crippen LogP contribution in [0.4, 0.5) is 4.39 Å². The number of hydrogen-bond donors (Lipinski definition) is 2. The maximum Gasteiger partial charge on any atom is 0.243 e. The number of rotatable bonds is 6. The zero-order chi connectivity index (χ0) is 22.2. The van der Waals surface area contributed by atoms with E-state index in [0.717, 1.165) is 11.2 Å². The summed E-state index contributed by atoms with van der Waals surface area (Å²) in [6.45, 7) is 3.88. The van der Waals surface area contributed by atoms with Crippen LogP contribution < -0.4 is 4.74 Å². The number of aromatic amines is 1. The van der Waals surface area contributed by atoms with Gasteiger partial charge in [0.05, 0.1) is 18.1 Å². The molecule has 0 amide bonds. The van der Waals surface area contributed by atoms with Crippen LogP contribution in [-0.4, -0.2) is 67.5 Å². The Balaban J connectivity index is 1.42. The van der Waals surface area contributed by atoms with Crippen LogP contribution in [0.2, 0.25) is 0 Å². The Morgan fingerprint density at radius 1 is 1.13 bits per heavy atom. The van der Waals surface area contributed by atoms with E-state index in [9.17, 15) is 17.9 Å². The fourth-order valence-electron chi connectivity index (χ4n) is 4.13. The molecule has 1 fully saturated rings. The van der Waals surface area contributed by atoms with Gasteiger partial charge in [0.25, 0.3) is 0 Å². The number of aromatic nitrogens is 1. The number of ether oxygens (including phenoxy) is 1. The van der Waals surface area contributed by atoms with E-state index in [0.29, 0.717) is 49.4 Å². The summed E-state index contributed by atoms with van der Waals surface area (Å²) >= 11 is 0. The molecular formula is C22H26FN3O4S. The van der Waals surface area contributed by atoms with E-state index in [1.807, 2.05) is 11.8 Å². The van der Waals surface area contributed by atoms with Gasteiger partial charge in [-0.3, -0.25) is 4.90 Å². The maximum absolute atomic E-state index is 13.7. The summed E-state index contributed by atoms with van der Waals surface area (Å²) in [6.07, 6.45) is -0.805. The highest BCUT2D eigenvalue weighted by Gasteiger charge is 2.30. The number of hydrogen-bond acceptors (Lipinski definition) is 5. The molecule has 1 saturated heterocycles. The number of aliphatic hydroxyl groups is 1. The van der Waals surface area contributed by atoms with Gasteiger partial charge < -0.3 is 14.8 Å². The van der Waals surface area contributed by atoms with Gasteiger partial charge in [-0.05, 0) is 49.4 Å². The van der Waals surface area contributed by atoms with Crippen LogP contribution in [0.25, 0.3) is 10.9 Å². The van der Waals surface area contributed by atoms with E-state index in [2.05, 4.69) is 4.98 Å². The quantitative estimate of drug-likeness (QED) is 0.607. The highest BCUT2D eigenvalue weighted by molar-refractivity contribution is 7.89. The summed E-state index contributed by atoms with van der Waals surface area (Å²) in [4.78, 5) is 5.45. The predicted octanol–water partition coefficient (Wildman–Crippen LogP) is 2.66. The van der Waals surface area contributed by atoms with Gasteiger partial charge in [-0.1, -0.05) is 0 Å². The molecule has 1 aliphatic rings. The fraction of sp³-hybridized carbons (Fsp3) is 0.364. The minimum Gasteiger partial charge on any atom is -0.497 e. The van der Waals surface area contributed by atoms with Crippen molar-refractivity contribution in [1.82, 2.24) is 14.2 Å². The standard InChI is InChI=1S/C22H26FN3O4S/c1-15-22(19-13-16(23)3-8-20(19)24-15)21(27)14-25-9-11-26(12-10-25)31(28,29)18-6-4-17(30-2)5-7-18/h3-8,13,21,24,27H,9-12,14H2,1-2H3/t21-/m1/s1. The molecule has 7 nitrogen and oxygen atoms in total. The second-order valence-electron chi connectivity index (χ2n) is 7.75. The lowest BCUT2D eigenvalue weighted by molar-refractivity contribution is 0.0926. The van der Waals surface area contributed by atoms with Gasteiger partial charge in [-0.25, -0.2) is 12.8 Å². The minimum absolute atomic E-state index is 0.234. The molecule has 2 N–H and O–H groups in total. The van der Waals surface area contributed by atoms with Gasteiger partial charge in [0, 0.05) is 54.9 Å². The van der Waals surface area contributed by atoms with Gasteiger partial charge in [0.2, 0.25) is 10.0 Å². The second kappa shape index (κ2) is 8.58. The lowest BCUT2D eigenvalue weighted by atomic mass is 10.0. The smallest absolute Gasteiger partial charge is 0.243 e. The molecule has 0 spiro atoms. The van der Waals surface area contributed by atoms with Gasteiger partial charge >= 0.3 is 0 Å². The van der Waals surface area contributed by atoms with Crippen LogP contribution in [0.1, 0.15) is 17.4 Å². The van der Waals surface area contributed by atoms with Crippen molar-refractivity contribution in [3.8, 4) is 5.75 Å². The van der Waals surface area contributed by atoms with Crippen LogP contribution >= 0.6 is 0 Å². The summed E-state index contributed by atoms with van der Waals surface area (Å²) in [5.41, 5.74) is 2.26. The van der Waals surface area contributed by atoms with Crippen LogP contribution in [-0.2, 0) is 10.0 Å². The van der Waals surface area contributed by atoms with Gasteiger partial charge in [-0.15, -0.1) is 0 Å². The van der Waals surface area contributed by atoms with E-state index < -0.39 is 16.1 Å². The maximum atomic E-state index is 13.7. The molecule has 166 valence electrons. The molecule has 4 rings (SSSR count). The Morgan fingerprint density at radius 3 is 2.45 bits per heavy atom. The van der Waals surface area contributed by atoms with Crippen LogP contribution in [0.3, 0.4) is 0 Å². The molecule has 0 radical (unpaired) electrons. The predicted molar refractivity (Wildman–Crippen MR) is 116 cm³/mol. The lowest BCUT2D eigenvalue weighted by Crippen LogP contribution is -2.49. The zero-order valence-electron chi connectivity index (χ0n) is 17.5. The molecule has 1 atom stereocenters. The fourth-order valence-corrected chi connectivity index (χ4v) is 5.56. The van der Waals surface area contributed by atoms with Crippen LogP contribution in [0.15, 0.2) is 47.4 Å². The summed E-state index contributed by atoms with van der Waals surface area (Å²) in [7, 11) is -2.05. The first kappa shape index (κ1) is 21.8. The lowest BCUT2D eigenvalue weighted by Gasteiger charge is -2.35. The third-order valence-electron chi connectivity index (χ3n) is 5.79. The molecule has 1 aromatic heterocycles. The molecule has 3 aromatic rings. The molecule has 0 aliphatic carbocycles. The molecule has 0 saturated carbocycles. The highest BCUT2D eigenvalue weighted by atomic mass is 32.2. The minimum atomic E-state index is -3.58. The topological polar surface area (TPSA) is 85.9 Å². The number of piperazine rings is 1. The van der Waals surface area contributed by atoms with Crippen molar-refractivity contribution in [2.45, 2.75) is 17.9 Å². The van der Waals surface area contributed by atoms with Crippen molar-refractivity contribution in [2.24, 2.45) is 0 Å². The Hall–Kier alpha value is -2.46. The monoisotopic (exact) mass is 447 g/mol. The first-order valence-corrected chi connectivity index (χ1v) is 11.6. The van der Waals surface area contributed by atoms with Crippen molar-refractivity contribution in [3.05, 3.63) is 59.5 Å². The number of β-amino-alcohol motifs (C(OH)–C–C–N with tert-alkyl or cyclic N) is 1. The number of aryl methyl sites for hydroxylation is 1. The Morgan fingerprint density at radius 2 is 1.81 bits per heavy atom. The molecular weight excluding hydrogens is 421 g/mol. The Kier molecular flexibility index (Phi) is 6.02. The highest BCUT2D eigenvalue weighted by Crippen LogP contribution is 2.29. The number of benzene rings is 2. The van der Waals surface area contributed by atoms with Gasteiger partial charge in [-0.2, -0.15) is 4.31 Å². The van der Waals surface area contributed by atoms with E-state index in [-0.39, 0.29) is 10.7 Å². The Bertz CT molecular complexity index is 1170. The summed E-state index contributed by atoms with van der Waals surface area (Å²) in [6, 6.07) is 10.8. The van der Waals surface area contributed by atoms with Gasteiger partial charge in [0.1, 0.15) is 11.6 Å². The number of sulfonamides is 1. The normalized spacial score (nSPS) is 17.2. The third-order valence-corrected chi connectivity index (χ3v) is 7.70. The average molecular weight is 448 g/mol. The van der Waals surface area contributed by atoms with Crippen LogP contribution in [0, 0.1) is 12.7 Å². The first-order chi connectivity index (χ1) is 14.8. The zero-order valence-corrected chi connectivity index (χ0v) is 18.3. The second-order valence-corrected chi connectivity index (χ2v) is 9.69. The molecule has 2 aromatic carbocycles. The van der Waals surface area contributed by atoms with Crippen molar-refractivity contribution in [2.75, 3.05) is 39.8 Å². The molecule has 9 heteroatoms. The average Bonchev–Trinajstić information content (AvgIpc) is 3.09. The largest absolute Gasteiger partial charge is 0.497 e. The van der Waals surface area contributed by atoms with Crippen LogP contribution in [0.5, 0.6) is 5.75 Å². The number of nitrogens with zero attached hydrogens (tertiary/aromatic N) is 2. The number of H-pyrrole nitrogens is 1. The van der Waals surface area contributed by atoms with E-state index in [4.69, 9.17) is 4.74 Å². The summed E-state index contributed by atoms with van der Waals surface area (Å²) in [5, 5.41) is 11.5. The summed E-state index contributed by atoms with van der Waals surface area (Å²) < 4.78 is 46.1. The van der Waals surface area contributed by atoms with E-state index >= 15 is 0 Å². The van der Waals surface area contributed by atoms with E-state index in [1.165, 1.54) is 23.5 Å². The van der Waals surface area contributed by atoms with Crippen molar-refractivity contribution < 1.29 is 22.7 Å². The number of aliphatic hydroxyl groups excluding tert-OH is 1. The van der Waals surface area contributed by atoms with E-state index in [1.54, 1.807) is 30.3 Å². The van der Waals surface area contributed by atoms with Gasteiger partial charge in [0.15, 0.2) is 0 Å². The molecule has 31 heavy (non-hydrogen) atoms. The van der Waals surface area contributed by atoms with Crippen molar-refractivity contribution >= 4 is 20.9 Å². The molecule has 0 unspecified atom stereocenters. The third kappa shape index (κ3) is 4.31. The first-order valence-electron chi connectivity index (χ1n) is 10.1. The number of nitrogens with one attached hydrogen (secondary N) is 1. The van der Waals surface area contributed by atoms with Crippen molar-refractivity contribution in [1.29, 1.82) is 0 Å². The summed E-state index contributed by atoms with van der Waals surface area (Å²) in [5.74, 6) is 0.252. The molecule has 2 heterocycles. The molecule has 0 bridgehead atoms.